The number of aromatic nitrogens is 3. The maximum absolute atomic E-state index is 10.8. The molecule has 0 amide bonds. The number of hydrogen-bond donors (Lipinski definition) is 2. The largest absolute Gasteiger partial charge is 0.494 e. The predicted molar refractivity (Wildman–Crippen MR) is 125 cm³/mol. The molecule has 1 aliphatic rings. The van der Waals surface area contributed by atoms with E-state index in [0.717, 1.165) is 47.1 Å². The fourth-order valence-corrected chi connectivity index (χ4v) is 4.48. The van der Waals surface area contributed by atoms with Gasteiger partial charge in [-0.3, -0.25) is 4.90 Å². The third-order valence-corrected chi connectivity index (χ3v) is 6.38. The lowest BCUT2D eigenvalue weighted by atomic mass is 10.1. The van der Waals surface area contributed by atoms with E-state index in [1.165, 1.54) is 0 Å². The van der Waals surface area contributed by atoms with Crippen LogP contribution in [0.5, 0.6) is 5.88 Å². The van der Waals surface area contributed by atoms with Crippen LogP contribution in [0.25, 0.3) is 22.2 Å². The molecule has 5 rings (SSSR count). The maximum atomic E-state index is 10.8. The topological polar surface area (TPSA) is 79.4 Å². The van der Waals surface area contributed by atoms with Gasteiger partial charge in [0.15, 0.2) is 5.88 Å². The van der Waals surface area contributed by atoms with Gasteiger partial charge in [0.1, 0.15) is 0 Å². The summed E-state index contributed by atoms with van der Waals surface area (Å²) in [6.07, 6.45) is 1.96. The number of piperazine rings is 1. The summed E-state index contributed by atoms with van der Waals surface area (Å²) in [7, 11) is 0. The normalized spacial score (nSPS) is 17.3. The Kier molecular flexibility index (Phi) is 5.63. The van der Waals surface area contributed by atoms with Gasteiger partial charge in [-0.1, -0.05) is 28.9 Å². The van der Waals surface area contributed by atoms with Crippen LogP contribution in [0.3, 0.4) is 0 Å². The molecule has 166 valence electrons. The summed E-state index contributed by atoms with van der Waals surface area (Å²) in [5.74, 6) is 1.44. The Labute approximate surface area is 191 Å². The number of halogens is 1. The zero-order valence-corrected chi connectivity index (χ0v) is 18.9. The number of rotatable bonds is 5. The van der Waals surface area contributed by atoms with Crippen LogP contribution in [0.1, 0.15) is 23.9 Å². The molecule has 1 unspecified atom stereocenters. The van der Waals surface area contributed by atoms with E-state index in [9.17, 15) is 5.11 Å². The third kappa shape index (κ3) is 4.11. The molecule has 4 aromatic rings. The minimum atomic E-state index is 0.250. The van der Waals surface area contributed by atoms with E-state index in [1.54, 1.807) is 0 Å². The number of aryl methyl sites for hydroxylation is 1. The molecule has 2 N–H and O–H groups in total. The molecule has 1 aliphatic heterocycles. The molecule has 0 radical (unpaired) electrons. The first-order valence-corrected chi connectivity index (χ1v) is 11.2. The minimum Gasteiger partial charge on any atom is -0.494 e. The first kappa shape index (κ1) is 21.0. The SMILES string of the molecule is Cc1cc(-c2noc(CN3CCNCC3C)n2)cc2cn(Cc3ccc(Cl)cc3)c(O)c12. The van der Waals surface area contributed by atoms with Crippen LogP contribution < -0.4 is 5.32 Å². The lowest BCUT2D eigenvalue weighted by molar-refractivity contribution is 0.146. The summed E-state index contributed by atoms with van der Waals surface area (Å²) in [6, 6.07) is 12.1. The fraction of sp³-hybridized carbons (Fsp3) is 0.333. The van der Waals surface area contributed by atoms with Crippen molar-refractivity contribution in [2.45, 2.75) is 33.0 Å². The molecule has 0 aliphatic carbocycles. The molecular formula is C24H26ClN5O2. The van der Waals surface area contributed by atoms with Gasteiger partial charge in [-0.05, 0) is 49.2 Å². The van der Waals surface area contributed by atoms with Crippen LogP contribution in [0.4, 0.5) is 0 Å². The summed E-state index contributed by atoms with van der Waals surface area (Å²) in [4.78, 5) is 6.98. The van der Waals surface area contributed by atoms with Gasteiger partial charge in [0.25, 0.3) is 0 Å². The number of benzene rings is 2. The smallest absolute Gasteiger partial charge is 0.241 e. The van der Waals surface area contributed by atoms with E-state index in [0.29, 0.717) is 35.9 Å². The second-order valence-electron chi connectivity index (χ2n) is 8.50. The molecule has 1 fully saturated rings. The highest BCUT2D eigenvalue weighted by Crippen LogP contribution is 2.34. The van der Waals surface area contributed by atoms with Crippen molar-refractivity contribution in [3.63, 3.8) is 0 Å². The van der Waals surface area contributed by atoms with Crippen LogP contribution in [-0.4, -0.2) is 50.4 Å². The molecule has 1 atom stereocenters. The summed E-state index contributed by atoms with van der Waals surface area (Å²) in [5.41, 5.74) is 2.90. The standard InChI is InChI=1S/C24H26ClN5O2/c1-15-9-18(23-27-21(32-28-23)14-29-8-7-26-11-16(29)2)10-19-13-30(24(31)22(15)19)12-17-3-5-20(25)6-4-17/h3-6,9-10,13,16,26,31H,7-8,11-12,14H2,1-2H3. The average Bonchev–Trinajstić information content (AvgIpc) is 3.36. The van der Waals surface area contributed by atoms with Gasteiger partial charge in [0.2, 0.25) is 11.7 Å². The van der Waals surface area contributed by atoms with Crippen molar-refractivity contribution >= 4 is 22.4 Å². The maximum Gasteiger partial charge on any atom is 0.241 e. The summed E-state index contributed by atoms with van der Waals surface area (Å²) < 4.78 is 7.40. The number of nitrogens with one attached hydrogen (secondary N) is 1. The molecule has 3 heterocycles. The molecule has 2 aromatic heterocycles. The van der Waals surface area contributed by atoms with Gasteiger partial charge < -0.3 is 19.5 Å². The Bertz CT molecular complexity index is 1250. The predicted octanol–water partition coefficient (Wildman–Crippen LogP) is 4.20. The first-order chi connectivity index (χ1) is 15.5. The second kappa shape index (κ2) is 8.58. The molecule has 0 spiro atoms. The van der Waals surface area contributed by atoms with Crippen molar-refractivity contribution in [3.05, 3.63) is 64.6 Å². The summed E-state index contributed by atoms with van der Waals surface area (Å²) in [6.45, 7) is 8.29. The van der Waals surface area contributed by atoms with Gasteiger partial charge in [0, 0.05) is 53.2 Å². The number of fused-ring (bicyclic) bond motifs is 1. The minimum absolute atomic E-state index is 0.250. The van der Waals surface area contributed by atoms with Crippen LogP contribution in [0.2, 0.25) is 5.02 Å². The van der Waals surface area contributed by atoms with Crippen molar-refractivity contribution in [2.75, 3.05) is 19.6 Å². The van der Waals surface area contributed by atoms with E-state index in [1.807, 2.05) is 54.1 Å². The molecule has 2 aromatic carbocycles. The molecule has 8 heteroatoms. The van der Waals surface area contributed by atoms with Crippen molar-refractivity contribution in [1.29, 1.82) is 0 Å². The zero-order valence-electron chi connectivity index (χ0n) is 18.2. The molecule has 0 saturated carbocycles. The Balaban J connectivity index is 1.42. The molecule has 1 saturated heterocycles. The Morgan fingerprint density at radius 1 is 1.22 bits per heavy atom. The van der Waals surface area contributed by atoms with Crippen molar-refractivity contribution in [3.8, 4) is 17.3 Å². The first-order valence-electron chi connectivity index (χ1n) is 10.8. The van der Waals surface area contributed by atoms with Gasteiger partial charge in [-0.25, -0.2) is 0 Å². The second-order valence-corrected chi connectivity index (χ2v) is 8.94. The van der Waals surface area contributed by atoms with Gasteiger partial charge in [-0.15, -0.1) is 0 Å². The van der Waals surface area contributed by atoms with Crippen LogP contribution in [-0.2, 0) is 13.1 Å². The Morgan fingerprint density at radius 3 is 2.81 bits per heavy atom. The summed E-state index contributed by atoms with van der Waals surface area (Å²) in [5, 5.41) is 20.9. The number of nitrogens with zero attached hydrogens (tertiary/aromatic N) is 4. The van der Waals surface area contributed by atoms with E-state index < -0.39 is 0 Å². The fourth-order valence-electron chi connectivity index (χ4n) is 4.36. The van der Waals surface area contributed by atoms with Crippen LogP contribution in [0, 0.1) is 6.92 Å². The highest BCUT2D eigenvalue weighted by atomic mass is 35.5. The zero-order chi connectivity index (χ0) is 22.2. The highest BCUT2D eigenvalue weighted by Gasteiger charge is 2.21. The van der Waals surface area contributed by atoms with E-state index in [-0.39, 0.29) is 5.88 Å². The van der Waals surface area contributed by atoms with Crippen molar-refractivity contribution in [1.82, 2.24) is 24.9 Å². The van der Waals surface area contributed by atoms with Gasteiger partial charge >= 0.3 is 0 Å². The molecular weight excluding hydrogens is 426 g/mol. The van der Waals surface area contributed by atoms with Crippen molar-refractivity contribution in [2.24, 2.45) is 0 Å². The monoisotopic (exact) mass is 451 g/mol. The van der Waals surface area contributed by atoms with Crippen LogP contribution >= 0.6 is 11.6 Å². The lowest BCUT2D eigenvalue weighted by Crippen LogP contribution is -2.49. The number of aromatic hydroxyl groups is 1. The quantitative estimate of drug-likeness (QED) is 0.473. The van der Waals surface area contributed by atoms with Gasteiger partial charge in [-0.2, -0.15) is 4.98 Å². The van der Waals surface area contributed by atoms with E-state index in [4.69, 9.17) is 16.1 Å². The molecule has 0 bridgehead atoms. The number of hydrogen-bond acceptors (Lipinski definition) is 6. The summed E-state index contributed by atoms with van der Waals surface area (Å²) >= 11 is 5.99. The molecule has 7 nitrogen and oxygen atoms in total. The van der Waals surface area contributed by atoms with Crippen molar-refractivity contribution < 1.29 is 9.63 Å². The molecule has 32 heavy (non-hydrogen) atoms. The van der Waals surface area contributed by atoms with E-state index >= 15 is 0 Å². The third-order valence-electron chi connectivity index (χ3n) is 6.13. The highest BCUT2D eigenvalue weighted by molar-refractivity contribution is 6.30. The van der Waals surface area contributed by atoms with Crippen LogP contribution in [0.15, 0.2) is 47.1 Å². The van der Waals surface area contributed by atoms with E-state index in [2.05, 4.69) is 27.3 Å². The Hall–Kier alpha value is -2.87. The van der Waals surface area contributed by atoms with Gasteiger partial charge in [0.05, 0.1) is 13.1 Å². The lowest BCUT2D eigenvalue weighted by Gasteiger charge is -2.32. The average molecular weight is 452 g/mol. The Morgan fingerprint density at radius 2 is 2.03 bits per heavy atom.